The van der Waals surface area contributed by atoms with Crippen LogP contribution in [-0.4, -0.2) is 31.4 Å². The summed E-state index contributed by atoms with van der Waals surface area (Å²) in [4.78, 5) is 19.4. The minimum atomic E-state index is -3.89. The zero-order valence-electron chi connectivity index (χ0n) is 16.4. The SMILES string of the molecule is COc1cc(F)ccc1S(=O)(=O)c1ccc(CNC(=O)c2cc3cnccc3[nH]2)cc1. The second kappa shape index (κ2) is 8.19. The molecule has 0 fully saturated rings. The van der Waals surface area contributed by atoms with Gasteiger partial charge in [0.1, 0.15) is 22.2 Å². The van der Waals surface area contributed by atoms with Crippen LogP contribution in [0.4, 0.5) is 4.39 Å². The third-order valence-electron chi connectivity index (χ3n) is 4.77. The summed E-state index contributed by atoms with van der Waals surface area (Å²) in [6.07, 6.45) is 3.30. The van der Waals surface area contributed by atoms with Gasteiger partial charge in [0.05, 0.1) is 12.0 Å². The maximum absolute atomic E-state index is 13.4. The standard InChI is InChI=1S/C22H18FN3O4S/c1-30-20-11-16(23)4-7-21(20)31(28,29)17-5-2-14(3-6-17)12-25-22(27)19-10-15-13-24-9-8-18(15)26-19/h2-11,13,26H,12H2,1H3,(H,25,27). The van der Waals surface area contributed by atoms with E-state index >= 15 is 0 Å². The van der Waals surface area contributed by atoms with Crippen LogP contribution in [0.2, 0.25) is 0 Å². The molecule has 2 aromatic heterocycles. The van der Waals surface area contributed by atoms with Crippen LogP contribution in [0.25, 0.3) is 10.9 Å². The molecule has 2 N–H and O–H groups in total. The van der Waals surface area contributed by atoms with Gasteiger partial charge in [-0.15, -0.1) is 0 Å². The van der Waals surface area contributed by atoms with Crippen LogP contribution in [0.1, 0.15) is 16.1 Å². The summed E-state index contributed by atoms with van der Waals surface area (Å²) >= 11 is 0. The number of amides is 1. The Morgan fingerprint density at radius 2 is 1.90 bits per heavy atom. The van der Waals surface area contributed by atoms with E-state index in [4.69, 9.17) is 4.74 Å². The summed E-state index contributed by atoms with van der Waals surface area (Å²) in [5.74, 6) is -0.943. The fraction of sp³-hybridized carbons (Fsp3) is 0.0909. The first-order valence-corrected chi connectivity index (χ1v) is 10.8. The highest BCUT2D eigenvalue weighted by Crippen LogP contribution is 2.30. The number of halogens is 1. The Balaban J connectivity index is 1.48. The molecule has 0 saturated heterocycles. The summed E-state index contributed by atoms with van der Waals surface area (Å²) in [6.45, 7) is 0.215. The molecular weight excluding hydrogens is 421 g/mol. The molecule has 0 saturated carbocycles. The molecule has 9 heteroatoms. The quantitative estimate of drug-likeness (QED) is 0.448. The molecule has 0 aliphatic heterocycles. The molecule has 0 spiro atoms. The number of ether oxygens (including phenoxy) is 1. The van der Waals surface area contributed by atoms with Crippen molar-refractivity contribution < 1.29 is 22.3 Å². The van der Waals surface area contributed by atoms with Crippen molar-refractivity contribution in [3.05, 3.63) is 84.1 Å². The van der Waals surface area contributed by atoms with Crippen molar-refractivity contribution in [2.75, 3.05) is 7.11 Å². The first kappa shape index (κ1) is 20.5. The van der Waals surface area contributed by atoms with Crippen LogP contribution in [-0.2, 0) is 16.4 Å². The molecule has 31 heavy (non-hydrogen) atoms. The molecule has 0 radical (unpaired) electrons. The van der Waals surface area contributed by atoms with Crippen molar-refractivity contribution in [3.8, 4) is 5.75 Å². The molecule has 2 heterocycles. The van der Waals surface area contributed by atoms with Gasteiger partial charge in [0.2, 0.25) is 9.84 Å². The summed E-state index contributed by atoms with van der Waals surface area (Å²) in [7, 11) is -2.61. The predicted octanol–water partition coefficient (Wildman–Crippen LogP) is 3.47. The molecular formula is C22H18FN3O4S. The predicted molar refractivity (Wildman–Crippen MR) is 112 cm³/mol. The third kappa shape index (κ3) is 4.13. The van der Waals surface area contributed by atoms with Crippen molar-refractivity contribution in [1.29, 1.82) is 0 Å². The highest BCUT2D eigenvalue weighted by Gasteiger charge is 2.22. The van der Waals surface area contributed by atoms with Gasteiger partial charge >= 0.3 is 0 Å². The second-order valence-electron chi connectivity index (χ2n) is 6.77. The van der Waals surface area contributed by atoms with Gasteiger partial charge in [-0.1, -0.05) is 12.1 Å². The number of nitrogens with zero attached hydrogens (tertiary/aromatic N) is 1. The van der Waals surface area contributed by atoms with E-state index in [1.54, 1.807) is 36.7 Å². The number of carbonyl (C=O) groups excluding carboxylic acids is 1. The van der Waals surface area contributed by atoms with Crippen LogP contribution in [0.3, 0.4) is 0 Å². The van der Waals surface area contributed by atoms with Crippen molar-refractivity contribution in [3.63, 3.8) is 0 Å². The molecule has 0 bridgehead atoms. The highest BCUT2D eigenvalue weighted by molar-refractivity contribution is 7.91. The van der Waals surface area contributed by atoms with Crippen molar-refractivity contribution in [2.24, 2.45) is 0 Å². The van der Waals surface area contributed by atoms with Crippen LogP contribution >= 0.6 is 0 Å². The fourth-order valence-corrected chi connectivity index (χ4v) is 4.55. The van der Waals surface area contributed by atoms with E-state index in [0.717, 1.165) is 28.6 Å². The first-order chi connectivity index (χ1) is 14.9. The van der Waals surface area contributed by atoms with E-state index in [0.29, 0.717) is 5.69 Å². The number of rotatable bonds is 6. The number of hydrogen-bond donors (Lipinski definition) is 2. The Hall–Kier alpha value is -3.72. The van der Waals surface area contributed by atoms with Gasteiger partial charge in [0.25, 0.3) is 5.91 Å². The summed E-state index contributed by atoms with van der Waals surface area (Å²) in [5.41, 5.74) is 1.94. The van der Waals surface area contributed by atoms with Gasteiger partial charge < -0.3 is 15.0 Å². The number of aromatic amines is 1. The van der Waals surface area contributed by atoms with E-state index in [1.165, 1.54) is 25.3 Å². The molecule has 0 unspecified atom stereocenters. The van der Waals surface area contributed by atoms with E-state index in [2.05, 4.69) is 15.3 Å². The number of carbonyl (C=O) groups is 1. The normalized spacial score (nSPS) is 11.4. The number of sulfone groups is 1. The van der Waals surface area contributed by atoms with Gasteiger partial charge in [-0.2, -0.15) is 0 Å². The molecule has 1 amide bonds. The number of hydrogen-bond acceptors (Lipinski definition) is 5. The number of nitrogens with one attached hydrogen (secondary N) is 2. The lowest BCUT2D eigenvalue weighted by molar-refractivity contribution is 0.0946. The highest BCUT2D eigenvalue weighted by atomic mass is 32.2. The molecule has 0 aliphatic carbocycles. The Labute approximate surface area is 177 Å². The lowest BCUT2D eigenvalue weighted by Gasteiger charge is -2.10. The number of H-pyrrole nitrogens is 1. The van der Waals surface area contributed by atoms with Crippen LogP contribution in [0.15, 0.2) is 76.8 Å². The maximum atomic E-state index is 13.4. The molecule has 7 nitrogen and oxygen atoms in total. The monoisotopic (exact) mass is 439 g/mol. The van der Waals surface area contributed by atoms with E-state index in [1.807, 2.05) is 0 Å². The zero-order valence-corrected chi connectivity index (χ0v) is 17.2. The minimum Gasteiger partial charge on any atom is -0.495 e. The molecule has 4 aromatic rings. The van der Waals surface area contributed by atoms with Crippen molar-refractivity contribution in [2.45, 2.75) is 16.3 Å². The Kier molecular flexibility index (Phi) is 5.43. The largest absolute Gasteiger partial charge is 0.495 e. The Morgan fingerprint density at radius 3 is 2.61 bits per heavy atom. The number of benzene rings is 2. The topological polar surface area (TPSA) is 101 Å². The summed E-state index contributed by atoms with van der Waals surface area (Å²) < 4.78 is 44.2. The van der Waals surface area contributed by atoms with Crippen LogP contribution in [0, 0.1) is 5.82 Å². The molecule has 0 aliphatic rings. The number of fused-ring (bicyclic) bond motifs is 1. The summed E-state index contributed by atoms with van der Waals surface area (Å²) in [6, 6.07) is 12.9. The average molecular weight is 439 g/mol. The van der Waals surface area contributed by atoms with Gasteiger partial charge in [0.15, 0.2) is 0 Å². The lowest BCUT2D eigenvalue weighted by Crippen LogP contribution is -2.23. The molecule has 4 rings (SSSR count). The van der Waals surface area contributed by atoms with Gasteiger partial charge in [0, 0.05) is 35.9 Å². The number of pyridine rings is 1. The van der Waals surface area contributed by atoms with Crippen molar-refractivity contribution >= 4 is 26.6 Å². The smallest absolute Gasteiger partial charge is 0.267 e. The average Bonchev–Trinajstić information content (AvgIpc) is 3.22. The van der Waals surface area contributed by atoms with E-state index in [-0.39, 0.29) is 28.0 Å². The first-order valence-electron chi connectivity index (χ1n) is 9.27. The van der Waals surface area contributed by atoms with Crippen molar-refractivity contribution in [1.82, 2.24) is 15.3 Å². The Bertz CT molecular complexity index is 1330. The summed E-state index contributed by atoms with van der Waals surface area (Å²) in [5, 5.41) is 3.62. The van der Waals surface area contributed by atoms with Gasteiger partial charge in [-0.05, 0) is 42.0 Å². The zero-order chi connectivity index (χ0) is 22.0. The Morgan fingerprint density at radius 1 is 1.13 bits per heavy atom. The van der Waals surface area contributed by atoms with E-state index in [9.17, 15) is 17.6 Å². The molecule has 0 atom stereocenters. The van der Waals surface area contributed by atoms with E-state index < -0.39 is 15.7 Å². The second-order valence-corrected chi connectivity index (χ2v) is 8.69. The van der Waals surface area contributed by atoms with Gasteiger partial charge in [-0.25, -0.2) is 12.8 Å². The van der Waals surface area contributed by atoms with Crippen LogP contribution < -0.4 is 10.1 Å². The number of methoxy groups -OCH3 is 1. The maximum Gasteiger partial charge on any atom is 0.267 e. The third-order valence-corrected chi connectivity index (χ3v) is 6.58. The minimum absolute atomic E-state index is 0.0376. The lowest BCUT2D eigenvalue weighted by atomic mass is 10.2. The number of aromatic nitrogens is 2. The molecule has 2 aromatic carbocycles. The molecule has 158 valence electrons. The van der Waals surface area contributed by atoms with Crippen LogP contribution in [0.5, 0.6) is 5.75 Å². The van der Waals surface area contributed by atoms with Gasteiger partial charge in [-0.3, -0.25) is 9.78 Å². The fourth-order valence-electron chi connectivity index (χ4n) is 3.15.